The Bertz CT molecular complexity index is 736. The number of hydrogen-bond donors (Lipinski definition) is 1. The Morgan fingerprint density at radius 2 is 1.95 bits per heavy atom. The van der Waals surface area contributed by atoms with Gasteiger partial charge in [0.15, 0.2) is 0 Å². The summed E-state index contributed by atoms with van der Waals surface area (Å²) in [5.41, 5.74) is 2.02. The summed E-state index contributed by atoms with van der Waals surface area (Å²) in [7, 11) is 0. The van der Waals surface area contributed by atoms with E-state index in [2.05, 4.69) is 22.6 Å². The van der Waals surface area contributed by atoms with Crippen molar-refractivity contribution >= 4 is 22.1 Å². The number of aromatic nitrogens is 1. The average Bonchev–Trinajstić information content (AvgIpc) is 2.94. The van der Waals surface area contributed by atoms with E-state index < -0.39 is 0 Å². The van der Waals surface area contributed by atoms with Crippen LogP contribution in [0.1, 0.15) is 12.6 Å². The van der Waals surface area contributed by atoms with Crippen LogP contribution in [0.15, 0.2) is 41.8 Å². The average molecular weight is 286 g/mol. The van der Waals surface area contributed by atoms with Crippen LogP contribution in [0.5, 0.6) is 0 Å². The molecule has 102 valence electrons. The fraction of sp³-hybridized carbons (Fsp3) is 0.188. The minimum atomic E-state index is -0.186. The first-order chi connectivity index (χ1) is 9.79. The monoisotopic (exact) mass is 286 g/mol. The predicted octanol–water partition coefficient (Wildman–Crippen LogP) is 4.21. The molecule has 20 heavy (non-hydrogen) atoms. The molecule has 3 aromatic rings. The van der Waals surface area contributed by atoms with Gasteiger partial charge in [0.2, 0.25) is 0 Å². The van der Waals surface area contributed by atoms with Crippen molar-refractivity contribution in [2.45, 2.75) is 13.5 Å². The quantitative estimate of drug-likeness (QED) is 0.777. The zero-order chi connectivity index (χ0) is 13.9. The highest BCUT2D eigenvalue weighted by atomic mass is 32.1. The van der Waals surface area contributed by atoms with Gasteiger partial charge in [0.25, 0.3) is 0 Å². The molecule has 0 amide bonds. The lowest BCUT2D eigenvalue weighted by Crippen LogP contribution is -2.11. The summed E-state index contributed by atoms with van der Waals surface area (Å²) in [6.45, 7) is 3.76. The Balaban J connectivity index is 2.06. The van der Waals surface area contributed by atoms with Crippen molar-refractivity contribution in [3.63, 3.8) is 0 Å². The maximum atomic E-state index is 13.8. The number of nitrogens with zero attached hydrogens (tertiary/aromatic N) is 1. The first kappa shape index (κ1) is 13.2. The lowest BCUT2D eigenvalue weighted by atomic mass is 10.0. The van der Waals surface area contributed by atoms with Crippen molar-refractivity contribution in [2.24, 2.45) is 0 Å². The van der Waals surface area contributed by atoms with Crippen LogP contribution in [0.3, 0.4) is 0 Å². The molecule has 0 bridgehead atoms. The number of rotatable bonds is 4. The van der Waals surface area contributed by atoms with Crippen LogP contribution in [0.4, 0.5) is 4.39 Å². The van der Waals surface area contributed by atoms with Gasteiger partial charge in [-0.15, -0.1) is 11.3 Å². The van der Waals surface area contributed by atoms with Gasteiger partial charge in [-0.3, -0.25) is 0 Å². The number of nitrogens with one attached hydrogen (secondary N) is 1. The molecule has 0 spiro atoms. The number of thiazole rings is 1. The molecular formula is C16H15FN2S. The van der Waals surface area contributed by atoms with Gasteiger partial charge in [0.1, 0.15) is 10.8 Å². The van der Waals surface area contributed by atoms with E-state index in [1.807, 2.05) is 24.3 Å². The second-order valence-electron chi connectivity index (χ2n) is 4.56. The van der Waals surface area contributed by atoms with Crippen molar-refractivity contribution in [1.29, 1.82) is 0 Å². The van der Waals surface area contributed by atoms with Crippen molar-refractivity contribution in [3.05, 3.63) is 53.3 Å². The van der Waals surface area contributed by atoms with E-state index in [-0.39, 0.29) is 5.82 Å². The Morgan fingerprint density at radius 1 is 1.15 bits per heavy atom. The maximum Gasteiger partial charge on any atom is 0.131 e. The summed E-state index contributed by atoms with van der Waals surface area (Å²) in [4.78, 5) is 4.63. The fourth-order valence-electron chi connectivity index (χ4n) is 2.21. The topological polar surface area (TPSA) is 24.9 Å². The third-order valence-electron chi connectivity index (χ3n) is 3.21. The summed E-state index contributed by atoms with van der Waals surface area (Å²) in [5, 5.41) is 7.81. The molecule has 1 aromatic heterocycles. The van der Waals surface area contributed by atoms with Crippen LogP contribution in [0.2, 0.25) is 0 Å². The van der Waals surface area contributed by atoms with Gasteiger partial charge < -0.3 is 5.32 Å². The van der Waals surface area contributed by atoms with Crippen LogP contribution in [-0.2, 0) is 6.54 Å². The predicted molar refractivity (Wildman–Crippen MR) is 82.4 cm³/mol. The number of benzene rings is 2. The van der Waals surface area contributed by atoms with E-state index in [0.717, 1.165) is 34.7 Å². The molecule has 0 aliphatic rings. The molecule has 2 nitrogen and oxygen atoms in total. The molecule has 0 fully saturated rings. The number of halogens is 1. The van der Waals surface area contributed by atoms with Gasteiger partial charge in [-0.25, -0.2) is 9.37 Å². The molecule has 2 aromatic carbocycles. The fourth-order valence-corrected chi connectivity index (χ4v) is 3.07. The van der Waals surface area contributed by atoms with Gasteiger partial charge in [-0.05, 0) is 24.1 Å². The van der Waals surface area contributed by atoms with Gasteiger partial charge >= 0.3 is 0 Å². The van der Waals surface area contributed by atoms with E-state index >= 15 is 0 Å². The zero-order valence-corrected chi connectivity index (χ0v) is 12.0. The van der Waals surface area contributed by atoms with E-state index in [9.17, 15) is 4.39 Å². The van der Waals surface area contributed by atoms with Gasteiger partial charge in [0, 0.05) is 22.9 Å². The van der Waals surface area contributed by atoms with E-state index in [1.54, 1.807) is 17.4 Å². The van der Waals surface area contributed by atoms with Crippen LogP contribution in [0, 0.1) is 5.82 Å². The Labute approximate surface area is 121 Å². The van der Waals surface area contributed by atoms with Crippen molar-refractivity contribution in [1.82, 2.24) is 10.3 Å². The molecular weight excluding hydrogens is 271 g/mol. The summed E-state index contributed by atoms with van der Waals surface area (Å²) in [5.74, 6) is -0.186. The highest BCUT2D eigenvalue weighted by Gasteiger charge is 2.10. The summed E-state index contributed by atoms with van der Waals surface area (Å²) in [6, 6.07) is 10.9. The Kier molecular flexibility index (Phi) is 3.76. The summed E-state index contributed by atoms with van der Waals surface area (Å²) in [6.07, 6.45) is 0. The third-order valence-corrected chi connectivity index (χ3v) is 4.13. The highest BCUT2D eigenvalue weighted by molar-refractivity contribution is 7.13. The van der Waals surface area contributed by atoms with Crippen LogP contribution in [0.25, 0.3) is 21.3 Å². The highest BCUT2D eigenvalue weighted by Crippen LogP contribution is 2.32. The molecule has 1 N–H and O–H groups in total. The largest absolute Gasteiger partial charge is 0.311 e. The first-order valence-corrected chi connectivity index (χ1v) is 7.50. The normalized spacial score (nSPS) is 11.1. The minimum Gasteiger partial charge on any atom is -0.311 e. The Morgan fingerprint density at radius 3 is 2.75 bits per heavy atom. The molecule has 0 aliphatic carbocycles. The SMILES string of the molecule is CCNCc1csc(-c2ccc(F)c3ccccc23)n1. The van der Waals surface area contributed by atoms with Crippen LogP contribution < -0.4 is 5.32 Å². The van der Waals surface area contributed by atoms with Gasteiger partial charge in [-0.2, -0.15) is 0 Å². The van der Waals surface area contributed by atoms with Crippen LogP contribution in [-0.4, -0.2) is 11.5 Å². The van der Waals surface area contributed by atoms with E-state index in [0.29, 0.717) is 5.39 Å². The molecule has 0 radical (unpaired) electrons. The van der Waals surface area contributed by atoms with Gasteiger partial charge in [0.05, 0.1) is 5.69 Å². The molecule has 0 atom stereocenters. The van der Waals surface area contributed by atoms with Crippen molar-refractivity contribution in [3.8, 4) is 10.6 Å². The molecule has 0 aliphatic heterocycles. The Hall–Kier alpha value is -1.78. The molecule has 0 saturated heterocycles. The minimum absolute atomic E-state index is 0.186. The van der Waals surface area contributed by atoms with Crippen molar-refractivity contribution in [2.75, 3.05) is 6.54 Å². The van der Waals surface area contributed by atoms with Gasteiger partial charge in [-0.1, -0.05) is 31.2 Å². The maximum absolute atomic E-state index is 13.8. The second-order valence-corrected chi connectivity index (χ2v) is 5.42. The molecule has 4 heteroatoms. The summed E-state index contributed by atoms with van der Waals surface area (Å²) >= 11 is 1.60. The number of fused-ring (bicyclic) bond motifs is 1. The lowest BCUT2D eigenvalue weighted by molar-refractivity contribution is 0.640. The van der Waals surface area contributed by atoms with Crippen molar-refractivity contribution < 1.29 is 4.39 Å². The molecule has 1 heterocycles. The summed E-state index contributed by atoms with van der Waals surface area (Å²) < 4.78 is 13.8. The van der Waals surface area contributed by atoms with E-state index in [4.69, 9.17) is 0 Å². The standard InChI is InChI=1S/C16H15FN2S/c1-2-18-9-11-10-20-16(19-11)14-7-8-15(17)13-6-4-3-5-12(13)14/h3-8,10,18H,2,9H2,1H3. The second kappa shape index (κ2) is 5.69. The molecule has 3 rings (SSSR count). The lowest BCUT2D eigenvalue weighted by Gasteiger charge is -2.04. The third kappa shape index (κ3) is 2.44. The van der Waals surface area contributed by atoms with E-state index in [1.165, 1.54) is 6.07 Å². The zero-order valence-electron chi connectivity index (χ0n) is 11.2. The smallest absolute Gasteiger partial charge is 0.131 e. The first-order valence-electron chi connectivity index (χ1n) is 6.62. The molecule has 0 saturated carbocycles. The van der Waals surface area contributed by atoms with Crippen LogP contribution >= 0.6 is 11.3 Å². The molecule has 0 unspecified atom stereocenters. The number of hydrogen-bond acceptors (Lipinski definition) is 3.